The number of carbonyl (C=O) groups excluding carboxylic acids is 1. The lowest BCUT2D eigenvalue weighted by Gasteiger charge is -2.26. The number of hydrogen-bond donors (Lipinski definition) is 0. The van der Waals surface area contributed by atoms with Gasteiger partial charge in [0, 0.05) is 12.1 Å². The predicted octanol–water partition coefficient (Wildman–Crippen LogP) is 3.08. The van der Waals surface area contributed by atoms with Gasteiger partial charge in [-0.15, -0.1) is 11.8 Å². The topological polar surface area (TPSA) is 38.8 Å². The van der Waals surface area contributed by atoms with Gasteiger partial charge in [-0.05, 0) is 12.5 Å². The van der Waals surface area contributed by atoms with Crippen LogP contribution in [-0.4, -0.2) is 37.3 Å². The third-order valence-corrected chi connectivity index (χ3v) is 4.66. The minimum Gasteiger partial charge on any atom is -0.493 e. The molecule has 4 nitrogen and oxygen atoms in total. The average molecular weight is 295 g/mol. The van der Waals surface area contributed by atoms with Crippen LogP contribution in [0.3, 0.4) is 0 Å². The Morgan fingerprint density at radius 3 is 2.80 bits per heavy atom. The number of nitrogens with zero attached hydrogens (tertiary/aromatic N) is 1. The Kier molecular flexibility index (Phi) is 5.17. The quantitative estimate of drug-likeness (QED) is 0.808. The highest BCUT2D eigenvalue weighted by Gasteiger charge is 2.34. The van der Waals surface area contributed by atoms with Gasteiger partial charge in [-0.2, -0.15) is 0 Å². The van der Waals surface area contributed by atoms with Crippen molar-refractivity contribution in [3.63, 3.8) is 0 Å². The lowest BCUT2D eigenvalue weighted by Crippen LogP contribution is -2.29. The van der Waals surface area contributed by atoms with E-state index in [1.165, 1.54) is 0 Å². The Morgan fingerprint density at radius 1 is 1.35 bits per heavy atom. The molecule has 1 aromatic rings. The fourth-order valence-corrected chi connectivity index (χ4v) is 3.62. The van der Waals surface area contributed by atoms with Gasteiger partial charge in [0.1, 0.15) is 5.37 Å². The standard InChI is InChI=1S/C15H21NO3S/c1-4-5-9-16-13(17)10-20-15(16)11-7-6-8-12(18-2)14(11)19-3/h6-8,15H,4-5,9-10H2,1-3H3. The smallest absolute Gasteiger partial charge is 0.233 e. The van der Waals surface area contributed by atoms with Gasteiger partial charge in [-0.25, -0.2) is 0 Å². The highest BCUT2D eigenvalue weighted by Crippen LogP contribution is 2.45. The zero-order chi connectivity index (χ0) is 14.5. The lowest BCUT2D eigenvalue weighted by molar-refractivity contribution is -0.128. The number of hydrogen-bond acceptors (Lipinski definition) is 4. The molecule has 0 aromatic heterocycles. The van der Waals surface area contributed by atoms with E-state index in [1.807, 2.05) is 23.1 Å². The van der Waals surface area contributed by atoms with Gasteiger partial charge in [-0.3, -0.25) is 4.79 Å². The summed E-state index contributed by atoms with van der Waals surface area (Å²) >= 11 is 1.65. The van der Waals surface area contributed by atoms with Crippen molar-refractivity contribution in [2.75, 3.05) is 26.5 Å². The SMILES string of the molecule is CCCCN1C(=O)CSC1c1cccc(OC)c1OC. The summed E-state index contributed by atoms with van der Waals surface area (Å²) in [5.74, 6) is 2.18. The van der Waals surface area contributed by atoms with Crippen LogP contribution in [-0.2, 0) is 4.79 Å². The van der Waals surface area contributed by atoms with Gasteiger partial charge in [0.25, 0.3) is 0 Å². The predicted molar refractivity (Wildman–Crippen MR) is 81.4 cm³/mol. The van der Waals surface area contributed by atoms with Gasteiger partial charge >= 0.3 is 0 Å². The number of thioether (sulfide) groups is 1. The van der Waals surface area contributed by atoms with Gasteiger partial charge in [0.2, 0.25) is 5.91 Å². The van der Waals surface area contributed by atoms with Crippen molar-refractivity contribution < 1.29 is 14.3 Å². The molecule has 1 aromatic carbocycles. The number of carbonyl (C=O) groups is 1. The van der Waals surface area contributed by atoms with Crippen molar-refractivity contribution in [3.8, 4) is 11.5 Å². The molecule has 0 saturated carbocycles. The molecule has 110 valence electrons. The molecule has 0 N–H and O–H groups in total. The van der Waals surface area contributed by atoms with Crippen LogP contribution in [0.1, 0.15) is 30.7 Å². The highest BCUT2D eigenvalue weighted by molar-refractivity contribution is 8.00. The summed E-state index contributed by atoms with van der Waals surface area (Å²) in [6.45, 7) is 2.93. The summed E-state index contributed by atoms with van der Waals surface area (Å²) in [4.78, 5) is 14.0. The van der Waals surface area contributed by atoms with E-state index in [0.717, 1.165) is 30.7 Å². The molecule has 0 aliphatic carbocycles. The van der Waals surface area contributed by atoms with Crippen molar-refractivity contribution in [2.45, 2.75) is 25.1 Å². The van der Waals surface area contributed by atoms with Crippen molar-refractivity contribution in [3.05, 3.63) is 23.8 Å². The van der Waals surface area contributed by atoms with E-state index in [1.54, 1.807) is 26.0 Å². The number of rotatable bonds is 6. The summed E-state index contributed by atoms with van der Waals surface area (Å²) in [6.07, 6.45) is 2.10. The molecule has 0 spiro atoms. The molecular weight excluding hydrogens is 274 g/mol. The zero-order valence-corrected chi connectivity index (χ0v) is 13.0. The van der Waals surface area contributed by atoms with Gasteiger partial charge < -0.3 is 14.4 Å². The molecule has 2 rings (SSSR count). The van der Waals surface area contributed by atoms with Crippen molar-refractivity contribution in [2.24, 2.45) is 0 Å². The monoisotopic (exact) mass is 295 g/mol. The van der Waals surface area contributed by atoms with Crippen LogP contribution in [0.5, 0.6) is 11.5 Å². The summed E-state index contributed by atoms with van der Waals surface area (Å²) in [7, 11) is 3.27. The maximum Gasteiger partial charge on any atom is 0.233 e. The van der Waals surface area contributed by atoms with Crippen LogP contribution in [0.4, 0.5) is 0 Å². The van der Waals surface area contributed by atoms with E-state index in [4.69, 9.17) is 9.47 Å². The second-order valence-electron chi connectivity index (χ2n) is 4.69. The van der Waals surface area contributed by atoms with E-state index < -0.39 is 0 Å². The minimum absolute atomic E-state index is 0.0269. The fraction of sp³-hybridized carbons (Fsp3) is 0.533. The van der Waals surface area contributed by atoms with Crippen molar-refractivity contribution in [1.29, 1.82) is 0 Å². The molecule has 1 aliphatic rings. The van der Waals surface area contributed by atoms with Crippen LogP contribution in [0, 0.1) is 0 Å². The molecule has 1 heterocycles. The maximum atomic E-state index is 12.1. The fourth-order valence-electron chi connectivity index (χ4n) is 2.39. The molecule has 0 radical (unpaired) electrons. The van der Waals surface area contributed by atoms with Crippen LogP contribution in [0.15, 0.2) is 18.2 Å². The van der Waals surface area contributed by atoms with E-state index in [9.17, 15) is 4.79 Å². The molecule has 20 heavy (non-hydrogen) atoms. The Hall–Kier alpha value is -1.36. The maximum absolute atomic E-state index is 12.1. The van der Waals surface area contributed by atoms with E-state index in [-0.39, 0.29) is 11.3 Å². The third kappa shape index (κ3) is 2.87. The van der Waals surface area contributed by atoms with E-state index >= 15 is 0 Å². The molecule has 1 aliphatic heterocycles. The van der Waals surface area contributed by atoms with Crippen LogP contribution in [0.25, 0.3) is 0 Å². The highest BCUT2D eigenvalue weighted by atomic mass is 32.2. The van der Waals surface area contributed by atoms with E-state index in [0.29, 0.717) is 11.5 Å². The first kappa shape index (κ1) is 15.0. The Bertz CT molecular complexity index is 478. The van der Waals surface area contributed by atoms with Crippen LogP contribution in [0.2, 0.25) is 0 Å². The Labute approximate surface area is 124 Å². The van der Waals surface area contributed by atoms with Crippen LogP contribution < -0.4 is 9.47 Å². The first-order valence-electron chi connectivity index (χ1n) is 6.84. The summed E-state index contributed by atoms with van der Waals surface area (Å²) in [5, 5.41) is 0.0269. The summed E-state index contributed by atoms with van der Waals surface area (Å²) < 4.78 is 10.8. The third-order valence-electron chi connectivity index (χ3n) is 3.42. The first-order valence-corrected chi connectivity index (χ1v) is 7.89. The largest absolute Gasteiger partial charge is 0.493 e. The Balaban J connectivity index is 2.32. The number of methoxy groups -OCH3 is 2. The normalized spacial score (nSPS) is 18.4. The molecule has 1 unspecified atom stereocenters. The number of benzene rings is 1. The van der Waals surface area contributed by atoms with E-state index in [2.05, 4.69) is 6.92 Å². The van der Waals surface area contributed by atoms with Gasteiger partial charge in [0.05, 0.1) is 20.0 Å². The van der Waals surface area contributed by atoms with Crippen molar-refractivity contribution in [1.82, 2.24) is 4.90 Å². The first-order chi connectivity index (χ1) is 9.72. The average Bonchev–Trinajstić information content (AvgIpc) is 2.84. The number of unbranched alkanes of at least 4 members (excludes halogenated alkanes) is 1. The molecule has 1 saturated heterocycles. The molecule has 1 fully saturated rings. The lowest BCUT2D eigenvalue weighted by atomic mass is 10.1. The van der Waals surface area contributed by atoms with Crippen molar-refractivity contribution >= 4 is 17.7 Å². The molecule has 5 heteroatoms. The molecule has 0 bridgehead atoms. The summed E-state index contributed by atoms with van der Waals surface area (Å²) in [6, 6.07) is 5.83. The number of ether oxygens (including phenoxy) is 2. The van der Waals surface area contributed by atoms with Gasteiger partial charge in [-0.1, -0.05) is 25.5 Å². The molecule has 1 atom stereocenters. The molecular formula is C15H21NO3S. The zero-order valence-electron chi connectivity index (χ0n) is 12.2. The number of para-hydroxylation sites is 1. The second-order valence-corrected chi connectivity index (χ2v) is 5.76. The second kappa shape index (κ2) is 6.88. The number of amides is 1. The van der Waals surface area contributed by atoms with Crippen LogP contribution >= 0.6 is 11.8 Å². The molecule has 1 amide bonds. The Morgan fingerprint density at radius 2 is 2.15 bits per heavy atom. The van der Waals surface area contributed by atoms with Gasteiger partial charge in [0.15, 0.2) is 11.5 Å². The minimum atomic E-state index is 0.0269. The summed E-state index contributed by atoms with van der Waals surface area (Å²) in [5.41, 5.74) is 1.01.